The number of carbonyl (C=O) groups is 1. The largest absolute Gasteiger partial charge is 0.368 e. The predicted octanol–water partition coefficient (Wildman–Crippen LogP) is 2.22. The van der Waals surface area contributed by atoms with Gasteiger partial charge in [-0.05, 0) is 11.6 Å². The van der Waals surface area contributed by atoms with Crippen LogP contribution in [0.2, 0.25) is 0 Å². The lowest BCUT2D eigenvalue weighted by atomic mass is 10.1. The number of benzene rings is 1. The quantitative estimate of drug-likeness (QED) is 0.751. The lowest BCUT2D eigenvalue weighted by Gasteiger charge is -2.03. The molecule has 16 heavy (non-hydrogen) atoms. The lowest BCUT2D eigenvalue weighted by Crippen LogP contribution is -2.15. The van der Waals surface area contributed by atoms with Gasteiger partial charge in [-0.1, -0.05) is 18.2 Å². The van der Waals surface area contributed by atoms with Gasteiger partial charge in [0.15, 0.2) is 5.78 Å². The average molecular weight is 232 g/mol. The fourth-order valence-corrected chi connectivity index (χ4v) is 1.17. The molecule has 0 aliphatic heterocycles. The Labute approximate surface area is 91.0 Å². The second-order valence-electron chi connectivity index (χ2n) is 3.21. The molecule has 0 bridgehead atoms. The minimum Gasteiger partial charge on any atom is -0.368 e. The molecule has 1 aromatic rings. The van der Waals surface area contributed by atoms with Gasteiger partial charge < -0.3 is 4.74 Å². The first-order chi connectivity index (χ1) is 7.59. The van der Waals surface area contributed by atoms with Gasteiger partial charge in [-0.15, -0.1) is 0 Å². The summed E-state index contributed by atoms with van der Waals surface area (Å²) in [6, 6.07) is 5.82. The maximum atomic E-state index is 13.1. The van der Waals surface area contributed by atoms with Crippen molar-refractivity contribution in [2.24, 2.45) is 0 Å². The average Bonchev–Trinajstić information content (AvgIpc) is 2.21. The third-order valence-corrected chi connectivity index (χ3v) is 1.85. The van der Waals surface area contributed by atoms with Gasteiger partial charge in [-0.2, -0.15) is 0 Å². The molecule has 0 fully saturated rings. The van der Waals surface area contributed by atoms with Crippen molar-refractivity contribution in [2.75, 3.05) is 13.2 Å². The molecule has 1 aromatic carbocycles. The molecule has 88 valence electrons. The van der Waals surface area contributed by atoms with Crippen LogP contribution in [-0.4, -0.2) is 25.4 Å². The molecular weight excluding hydrogens is 221 g/mol. The van der Waals surface area contributed by atoms with E-state index in [-0.39, 0.29) is 12.0 Å². The van der Waals surface area contributed by atoms with Crippen molar-refractivity contribution in [3.05, 3.63) is 35.6 Å². The highest BCUT2D eigenvalue weighted by Gasteiger charge is 2.09. The zero-order valence-corrected chi connectivity index (χ0v) is 8.46. The zero-order valence-electron chi connectivity index (χ0n) is 8.46. The third kappa shape index (κ3) is 4.44. The van der Waals surface area contributed by atoms with Crippen molar-refractivity contribution in [3.63, 3.8) is 0 Å². The van der Waals surface area contributed by atoms with Gasteiger partial charge in [0.1, 0.15) is 19.0 Å². The molecule has 2 nitrogen and oxygen atoms in total. The Bertz CT molecular complexity index is 353. The van der Waals surface area contributed by atoms with Crippen LogP contribution in [0.25, 0.3) is 0 Å². The van der Waals surface area contributed by atoms with Crippen molar-refractivity contribution in [3.8, 4) is 0 Å². The summed E-state index contributed by atoms with van der Waals surface area (Å²) in [5.74, 6) is -0.907. The van der Waals surface area contributed by atoms with Crippen LogP contribution in [-0.2, 0) is 16.0 Å². The van der Waals surface area contributed by atoms with Gasteiger partial charge >= 0.3 is 0 Å². The summed E-state index contributed by atoms with van der Waals surface area (Å²) in [6.07, 6.45) is -2.74. The molecule has 0 heterocycles. The van der Waals surface area contributed by atoms with E-state index in [1.165, 1.54) is 18.2 Å². The fourth-order valence-electron chi connectivity index (χ4n) is 1.17. The molecule has 0 aromatic heterocycles. The van der Waals surface area contributed by atoms with Crippen molar-refractivity contribution < 1.29 is 22.7 Å². The van der Waals surface area contributed by atoms with E-state index in [1.54, 1.807) is 6.07 Å². The minimum atomic E-state index is -2.60. The van der Waals surface area contributed by atoms with Gasteiger partial charge in [0, 0.05) is 6.42 Å². The molecule has 0 amide bonds. The van der Waals surface area contributed by atoms with Gasteiger partial charge in [0.05, 0.1) is 0 Å². The number of halogens is 3. The number of ether oxygens (including phenoxy) is 1. The highest BCUT2D eigenvalue weighted by molar-refractivity contribution is 5.82. The number of Topliss-reactive ketones (excluding diaryl/α,β-unsaturated/α-hetero) is 1. The Balaban J connectivity index is 2.37. The van der Waals surface area contributed by atoms with Crippen LogP contribution in [0.1, 0.15) is 5.56 Å². The summed E-state index contributed by atoms with van der Waals surface area (Å²) in [4.78, 5) is 11.2. The molecule has 0 saturated carbocycles. The maximum absolute atomic E-state index is 13.1. The van der Waals surface area contributed by atoms with E-state index >= 15 is 0 Å². The topological polar surface area (TPSA) is 26.3 Å². The Morgan fingerprint density at radius 3 is 2.62 bits per heavy atom. The van der Waals surface area contributed by atoms with E-state index in [1.807, 2.05) is 0 Å². The molecule has 0 N–H and O–H groups in total. The molecule has 5 heteroatoms. The molecule has 1 rings (SSSR count). The van der Waals surface area contributed by atoms with Gasteiger partial charge in [-0.3, -0.25) is 4.79 Å². The van der Waals surface area contributed by atoms with Crippen LogP contribution in [0.4, 0.5) is 13.2 Å². The predicted molar refractivity (Wildman–Crippen MR) is 51.9 cm³/mol. The summed E-state index contributed by atoms with van der Waals surface area (Å²) >= 11 is 0. The Morgan fingerprint density at radius 2 is 2.00 bits per heavy atom. The standard InChI is InChI=1S/C11H11F3O2/c12-10-4-2-1-3-8(10)5-9(15)6-16-7-11(13)14/h1-4,11H,5-7H2. The first kappa shape index (κ1) is 12.7. The van der Waals surface area contributed by atoms with Crippen LogP contribution < -0.4 is 0 Å². The normalized spacial score (nSPS) is 10.8. The van der Waals surface area contributed by atoms with Crippen molar-refractivity contribution >= 4 is 5.78 Å². The molecule has 0 aliphatic rings. The van der Waals surface area contributed by atoms with E-state index < -0.39 is 31.2 Å². The van der Waals surface area contributed by atoms with E-state index in [2.05, 4.69) is 4.74 Å². The first-order valence-electron chi connectivity index (χ1n) is 4.70. The minimum absolute atomic E-state index is 0.143. The SMILES string of the molecule is O=C(COCC(F)F)Cc1ccccc1F. The van der Waals surface area contributed by atoms with Gasteiger partial charge in [-0.25, -0.2) is 13.2 Å². The van der Waals surface area contributed by atoms with Crippen LogP contribution in [0.5, 0.6) is 0 Å². The summed E-state index contributed by atoms with van der Waals surface area (Å²) in [7, 11) is 0. The lowest BCUT2D eigenvalue weighted by molar-refractivity contribution is -0.124. The Kier molecular flexibility index (Phi) is 4.98. The molecule has 0 unspecified atom stereocenters. The second kappa shape index (κ2) is 6.27. The van der Waals surface area contributed by atoms with Crippen LogP contribution >= 0.6 is 0 Å². The highest BCUT2D eigenvalue weighted by Crippen LogP contribution is 2.07. The van der Waals surface area contributed by atoms with Crippen LogP contribution in [0, 0.1) is 5.82 Å². The summed E-state index contributed by atoms with van der Waals surface area (Å²) in [5.41, 5.74) is 0.244. The first-order valence-corrected chi connectivity index (χ1v) is 4.70. The van der Waals surface area contributed by atoms with Crippen molar-refractivity contribution in [1.29, 1.82) is 0 Å². The van der Waals surface area contributed by atoms with Crippen molar-refractivity contribution in [1.82, 2.24) is 0 Å². The molecule has 0 atom stereocenters. The maximum Gasteiger partial charge on any atom is 0.261 e. The van der Waals surface area contributed by atoms with Crippen LogP contribution in [0.3, 0.4) is 0 Å². The number of rotatable bonds is 6. The number of hydrogen-bond acceptors (Lipinski definition) is 2. The van der Waals surface area contributed by atoms with Crippen molar-refractivity contribution in [2.45, 2.75) is 12.8 Å². The molecule has 0 spiro atoms. The Hall–Kier alpha value is -1.36. The molecule has 0 aliphatic carbocycles. The Morgan fingerprint density at radius 1 is 1.31 bits per heavy atom. The number of alkyl halides is 2. The smallest absolute Gasteiger partial charge is 0.261 e. The second-order valence-corrected chi connectivity index (χ2v) is 3.21. The molecule has 0 radical (unpaired) electrons. The number of ketones is 1. The molecule has 0 saturated heterocycles. The van der Waals surface area contributed by atoms with Gasteiger partial charge in [0.2, 0.25) is 0 Å². The summed E-state index contributed by atoms with van der Waals surface area (Å²) < 4.78 is 40.9. The summed E-state index contributed by atoms with van der Waals surface area (Å²) in [6.45, 7) is -1.19. The summed E-state index contributed by atoms with van der Waals surface area (Å²) in [5, 5.41) is 0. The number of hydrogen-bond donors (Lipinski definition) is 0. The third-order valence-electron chi connectivity index (χ3n) is 1.85. The zero-order chi connectivity index (χ0) is 12.0. The van der Waals surface area contributed by atoms with Crippen LogP contribution in [0.15, 0.2) is 24.3 Å². The highest BCUT2D eigenvalue weighted by atomic mass is 19.3. The molecular formula is C11H11F3O2. The van der Waals surface area contributed by atoms with E-state index in [0.717, 1.165) is 0 Å². The van der Waals surface area contributed by atoms with E-state index in [4.69, 9.17) is 0 Å². The van der Waals surface area contributed by atoms with E-state index in [9.17, 15) is 18.0 Å². The van der Waals surface area contributed by atoms with Gasteiger partial charge in [0.25, 0.3) is 6.43 Å². The number of carbonyl (C=O) groups excluding carboxylic acids is 1. The monoisotopic (exact) mass is 232 g/mol. The fraction of sp³-hybridized carbons (Fsp3) is 0.364. The van der Waals surface area contributed by atoms with E-state index in [0.29, 0.717) is 0 Å².